The number of carbonyl (C=O) groups excluding carboxylic acids is 1. The summed E-state index contributed by atoms with van der Waals surface area (Å²) in [5.74, 6) is 0.187. The van der Waals surface area contributed by atoms with Gasteiger partial charge in [-0.1, -0.05) is 54.6 Å². The molecule has 0 aromatic heterocycles. The van der Waals surface area contributed by atoms with Crippen molar-refractivity contribution in [3.8, 4) is 5.75 Å². The molecular formula is C22H21NO4S. The van der Waals surface area contributed by atoms with Gasteiger partial charge in [-0.05, 0) is 54.7 Å². The number of hydrogen-bond donors (Lipinski definition) is 1. The van der Waals surface area contributed by atoms with Crippen molar-refractivity contribution in [1.29, 1.82) is 0 Å². The van der Waals surface area contributed by atoms with E-state index in [4.69, 9.17) is 4.74 Å². The Bertz CT molecular complexity index is 1020. The monoisotopic (exact) mass is 395 g/mol. The molecule has 0 heterocycles. The van der Waals surface area contributed by atoms with E-state index < -0.39 is 10.0 Å². The van der Waals surface area contributed by atoms with Crippen molar-refractivity contribution in [2.45, 2.75) is 24.2 Å². The van der Waals surface area contributed by atoms with Gasteiger partial charge in [0.25, 0.3) is 16.5 Å². The smallest absolute Gasteiger partial charge is 0.298 e. The van der Waals surface area contributed by atoms with Crippen LogP contribution in [0.1, 0.15) is 17.5 Å². The number of carbonyl (C=O) groups is 1. The fraction of sp³-hybridized carbons (Fsp3) is 0.136. The molecule has 6 heteroatoms. The van der Waals surface area contributed by atoms with Crippen LogP contribution < -0.4 is 9.46 Å². The molecule has 144 valence electrons. The summed E-state index contributed by atoms with van der Waals surface area (Å²) in [6, 6.07) is 23.4. The minimum Gasteiger partial charge on any atom is -0.426 e. The predicted octanol–water partition coefficient (Wildman–Crippen LogP) is 4.20. The molecule has 3 aromatic carbocycles. The number of ether oxygens (including phenoxy) is 1. The van der Waals surface area contributed by atoms with Crippen molar-refractivity contribution in [3.05, 3.63) is 90.0 Å². The van der Waals surface area contributed by atoms with Crippen LogP contribution in [0.5, 0.6) is 5.75 Å². The highest BCUT2D eigenvalue weighted by molar-refractivity contribution is 7.92. The number of sulfonamides is 1. The first-order valence-corrected chi connectivity index (χ1v) is 10.4. The van der Waals surface area contributed by atoms with Crippen molar-refractivity contribution in [2.75, 3.05) is 4.72 Å². The topological polar surface area (TPSA) is 72.5 Å². The lowest BCUT2D eigenvalue weighted by Gasteiger charge is -2.13. The summed E-state index contributed by atoms with van der Waals surface area (Å²) in [5.41, 5.74) is 2.46. The lowest BCUT2D eigenvalue weighted by Crippen LogP contribution is -2.13. The number of aryl methyl sites for hydroxylation is 2. The van der Waals surface area contributed by atoms with Gasteiger partial charge in [0.2, 0.25) is 0 Å². The Labute approximate surface area is 165 Å². The first kappa shape index (κ1) is 19.6. The SMILES string of the molecule is O=COc1cc(CCCc2ccccc2)ccc1NS(=O)(=O)c1ccccc1. The maximum absolute atomic E-state index is 12.5. The summed E-state index contributed by atoms with van der Waals surface area (Å²) < 4.78 is 32.5. The maximum atomic E-state index is 12.5. The number of nitrogens with one attached hydrogen (secondary N) is 1. The molecule has 0 aliphatic carbocycles. The molecule has 0 radical (unpaired) electrons. The Balaban J connectivity index is 1.73. The molecule has 0 saturated carbocycles. The predicted molar refractivity (Wildman–Crippen MR) is 109 cm³/mol. The minimum atomic E-state index is -3.77. The zero-order valence-electron chi connectivity index (χ0n) is 15.2. The van der Waals surface area contributed by atoms with Gasteiger partial charge in [-0.3, -0.25) is 9.52 Å². The van der Waals surface area contributed by atoms with Gasteiger partial charge in [-0.2, -0.15) is 0 Å². The molecule has 28 heavy (non-hydrogen) atoms. The summed E-state index contributed by atoms with van der Waals surface area (Å²) in [4.78, 5) is 11.0. The second-order valence-corrected chi connectivity index (χ2v) is 7.98. The molecule has 5 nitrogen and oxygen atoms in total. The Morgan fingerprint density at radius 1 is 0.821 bits per heavy atom. The van der Waals surface area contributed by atoms with E-state index in [1.54, 1.807) is 30.3 Å². The van der Waals surface area contributed by atoms with Gasteiger partial charge in [0.15, 0.2) is 5.75 Å². The highest BCUT2D eigenvalue weighted by atomic mass is 32.2. The van der Waals surface area contributed by atoms with Crippen LogP contribution in [-0.2, 0) is 27.7 Å². The van der Waals surface area contributed by atoms with Gasteiger partial charge in [-0.25, -0.2) is 8.42 Å². The highest BCUT2D eigenvalue weighted by Gasteiger charge is 2.16. The number of hydrogen-bond acceptors (Lipinski definition) is 4. The summed E-state index contributed by atoms with van der Waals surface area (Å²) >= 11 is 0. The van der Waals surface area contributed by atoms with Crippen LogP contribution >= 0.6 is 0 Å². The van der Waals surface area contributed by atoms with Crippen LogP contribution in [0.15, 0.2) is 83.8 Å². The third-order valence-corrected chi connectivity index (χ3v) is 5.67. The van der Waals surface area contributed by atoms with Crippen LogP contribution in [-0.4, -0.2) is 14.9 Å². The molecular weight excluding hydrogens is 374 g/mol. The van der Waals surface area contributed by atoms with Crippen LogP contribution in [0.4, 0.5) is 5.69 Å². The Kier molecular flexibility index (Phi) is 6.45. The normalized spacial score (nSPS) is 11.0. The molecule has 1 N–H and O–H groups in total. The van der Waals surface area contributed by atoms with Crippen LogP contribution in [0.25, 0.3) is 0 Å². The zero-order valence-corrected chi connectivity index (χ0v) is 16.1. The van der Waals surface area contributed by atoms with E-state index in [-0.39, 0.29) is 16.3 Å². The Morgan fingerprint density at radius 2 is 1.46 bits per heavy atom. The summed E-state index contributed by atoms with van der Waals surface area (Å²) in [6.45, 7) is 0.295. The third kappa shape index (κ3) is 5.20. The van der Waals surface area contributed by atoms with E-state index in [1.165, 1.54) is 17.7 Å². The molecule has 0 atom stereocenters. The zero-order chi connectivity index (χ0) is 19.8. The molecule has 0 aliphatic heterocycles. The number of rotatable bonds is 9. The standard InChI is InChI=1S/C22H21NO4S/c24-17-27-22-16-19(11-7-10-18-8-3-1-4-9-18)14-15-21(22)23-28(25,26)20-12-5-2-6-13-20/h1-6,8-9,12-17,23H,7,10-11H2. The summed E-state index contributed by atoms with van der Waals surface area (Å²) in [5, 5.41) is 0. The Hall–Kier alpha value is -3.12. The van der Waals surface area contributed by atoms with Gasteiger partial charge in [0.1, 0.15) is 0 Å². The largest absolute Gasteiger partial charge is 0.426 e. The van der Waals surface area contributed by atoms with E-state index in [0.29, 0.717) is 6.47 Å². The van der Waals surface area contributed by atoms with Crippen molar-refractivity contribution in [2.24, 2.45) is 0 Å². The summed E-state index contributed by atoms with van der Waals surface area (Å²) in [7, 11) is -3.77. The molecule has 0 unspecified atom stereocenters. The number of benzene rings is 3. The van der Waals surface area contributed by atoms with Crippen molar-refractivity contribution >= 4 is 22.2 Å². The minimum absolute atomic E-state index is 0.138. The lowest BCUT2D eigenvalue weighted by atomic mass is 10.0. The molecule has 0 spiro atoms. The third-order valence-electron chi connectivity index (χ3n) is 4.29. The Morgan fingerprint density at radius 3 is 2.14 bits per heavy atom. The van der Waals surface area contributed by atoms with Crippen LogP contribution in [0.3, 0.4) is 0 Å². The van der Waals surface area contributed by atoms with Gasteiger partial charge in [0.05, 0.1) is 10.6 Å². The van der Waals surface area contributed by atoms with E-state index in [2.05, 4.69) is 16.9 Å². The van der Waals surface area contributed by atoms with Crippen LogP contribution in [0, 0.1) is 0 Å². The molecule has 3 aromatic rings. The van der Waals surface area contributed by atoms with Crippen LogP contribution in [0.2, 0.25) is 0 Å². The summed E-state index contributed by atoms with van der Waals surface area (Å²) in [6.07, 6.45) is 2.66. The lowest BCUT2D eigenvalue weighted by molar-refractivity contribution is -0.120. The fourth-order valence-corrected chi connectivity index (χ4v) is 3.99. The molecule has 0 saturated heterocycles. The second kappa shape index (κ2) is 9.19. The maximum Gasteiger partial charge on any atom is 0.298 e. The fourth-order valence-electron chi connectivity index (χ4n) is 2.90. The van der Waals surface area contributed by atoms with E-state index in [0.717, 1.165) is 24.8 Å². The first-order chi connectivity index (χ1) is 13.6. The van der Waals surface area contributed by atoms with E-state index in [1.807, 2.05) is 24.3 Å². The average Bonchev–Trinajstić information content (AvgIpc) is 2.71. The van der Waals surface area contributed by atoms with Gasteiger partial charge in [0, 0.05) is 0 Å². The van der Waals surface area contributed by atoms with E-state index >= 15 is 0 Å². The molecule has 0 aliphatic rings. The number of anilines is 1. The molecule has 3 rings (SSSR count). The van der Waals surface area contributed by atoms with Gasteiger partial charge < -0.3 is 4.74 Å². The average molecular weight is 395 g/mol. The molecule has 0 bridgehead atoms. The van der Waals surface area contributed by atoms with Gasteiger partial charge >= 0.3 is 0 Å². The highest BCUT2D eigenvalue weighted by Crippen LogP contribution is 2.28. The van der Waals surface area contributed by atoms with Crippen molar-refractivity contribution in [1.82, 2.24) is 0 Å². The van der Waals surface area contributed by atoms with Crippen molar-refractivity contribution in [3.63, 3.8) is 0 Å². The molecule has 0 amide bonds. The first-order valence-electron chi connectivity index (χ1n) is 8.93. The molecule has 0 fully saturated rings. The second-order valence-electron chi connectivity index (χ2n) is 6.30. The van der Waals surface area contributed by atoms with E-state index in [9.17, 15) is 13.2 Å². The van der Waals surface area contributed by atoms with Crippen molar-refractivity contribution < 1.29 is 17.9 Å². The quantitative estimate of drug-likeness (QED) is 0.551. The van der Waals surface area contributed by atoms with Gasteiger partial charge in [-0.15, -0.1) is 0 Å².